The van der Waals surface area contributed by atoms with Gasteiger partial charge in [-0.05, 0) is 37.9 Å². The van der Waals surface area contributed by atoms with E-state index in [2.05, 4.69) is 53.1 Å². The molecule has 5 heteroatoms. The second-order valence-corrected chi connectivity index (χ2v) is 6.53. The molecule has 5 nitrogen and oxygen atoms in total. The number of H-pyrrole nitrogens is 1. The van der Waals surface area contributed by atoms with Crippen LogP contribution in [0.4, 0.5) is 4.79 Å². The molecule has 1 saturated heterocycles. The number of amides is 2. The van der Waals surface area contributed by atoms with E-state index in [0.717, 1.165) is 31.4 Å². The molecule has 0 bridgehead atoms. The highest BCUT2D eigenvalue weighted by molar-refractivity contribution is 5.83. The van der Waals surface area contributed by atoms with Crippen LogP contribution in [0.15, 0.2) is 30.5 Å². The quantitative estimate of drug-likeness (QED) is 0.701. The van der Waals surface area contributed by atoms with E-state index in [4.69, 9.17) is 0 Å². The number of hydrogen-bond donors (Lipinski definition) is 4. The van der Waals surface area contributed by atoms with Crippen molar-refractivity contribution in [2.75, 3.05) is 13.1 Å². The van der Waals surface area contributed by atoms with Crippen molar-refractivity contribution < 1.29 is 4.79 Å². The fraction of sp³-hybridized carbons (Fsp3) is 0.500. The van der Waals surface area contributed by atoms with Gasteiger partial charge in [0.15, 0.2) is 0 Å². The first-order valence-electron chi connectivity index (χ1n) is 8.49. The molecule has 3 atom stereocenters. The summed E-state index contributed by atoms with van der Waals surface area (Å²) in [5.41, 5.74) is 2.38. The highest BCUT2D eigenvalue weighted by Crippen LogP contribution is 2.27. The molecule has 1 aromatic carbocycles. The van der Waals surface area contributed by atoms with Crippen molar-refractivity contribution in [3.05, 3.63) is 36.0 Å². The van der Waals surface area contributed by atoms with Crippen LogP contribution in [0.25, 0.3) is 10.9 Å². The number of aromatic amines is 1. The Kier molecular flexibility index (Phi) is 4.86. The summed E-state index contributed by atoms with van der Waals surface area (Å²) in [4.78, 5) is 15.5. The molecule has 0 aliphatic carbocycles. The molecule has 2 amide bonds. The minimum atomic E-state index is -0.0714. The van der Waals surface area contributed by atoms with Gasteiger partial charge in [0.25, 0.3) is 0 Å². The number of hydrogen-bond acceptors (Lipinski definition) is 2. The van der Waals surface area contributed by atoms with Crippen LogP contribution in [-0.2, 0) is 0 Å². The molecule has 4 N–H and O–H groups in total. The standard InChI is InChI=1S/C18H26N4O/c1-12(16-11-20-17-8-4-3-7-15(16)17)13(2)21-18(23)22-14-6-5-9-19-10-14/h3-4,7-8,11-14,19-20H,5-6,9-10H2,1-2H3,(H2,21,22,23)/t12?,13-,14+/m0/s1. The van der Waals surface area contributed by atoms with Crippen molar-refractivity contribution in [3.63, 3.8) is 0 Å². The van der Waals surface area contributed by atoms with Crippen molar-refractivity contribution in [2.45, 2.75) is 44.7 Å². The van der Waals surface area contributed by atoms with Crippen molar-refractivity contribution in [1.29, 1.82) is 0 Å². The maximum absolute atomic E-state index is 12.2. The highest BCUT2D eigenvalue weighted by atomic mass is 16.2. The van der Waals surface area contributed by atoms with E-state index in [0.29, 0.717) is 0 Å². The summed E-state index contributed by atoms with van der Waals surface area (Å²) in [6.07, 6.45) is 4.22. The molecule has 1 aromatic heterocycles. The summed E-state index contributed by atoms with van der Waals surface area (Å²) in [6.45, 7) is 6.13. The molecule has 0 saturated carbocycles. The molecule has 1 aliphatic heterocycles. The van der Waals surface area contributed by atoms with Gasteiger partial charge >= 0.3 is 6.03 Å². The summed E-state index contributed by atoms with van der Waals surface area (Å²) in [6, 6.07) is 8.50. The maximum atomic E-state index is 12.2. The molecule has 2 aromatic rings. The topological polar surface area (TPSA) is 69.0 Å². The second kappa shape index (κ2) is 7.04. The van der Waals surface area contributed by atoms with Gasteiger partial charge in [-0.15, -0.1) is 0 Å². The van der Waals surface area contributed by atoms with Crippen molar-refractivity contribution in [1.82, 2.24) is 20.9 Å². The molecule has 124 valence electrons. The average molecular weight is 314 g/mol. The van der Waals surface area contributed by atoms with E-state index in [-0.39, 0.29) is 24.0 Å². The fourth-order valence-electron chi connectivity index (χ4n) is 3.27. The van der Waals surface area contributed by atoms with Crippen LogP contribution >= 0.6 is 0 Å². The third-order valence-electron chi connectivity index (χ3n) is 4.85. The first-order chi connectivity index (χ1) is 11.1. The van der Waals surface area contributed by atoms with Crippen LogP contribution in [0.3, 0.4) is 0 Å². The van der Waals surface area contributed by atoms with Gasteiger partial charge in [0.05, 0.1) is 0 Å². The number of piperidine rings is 1. The first kappa shape index (κ1) is 15.9. The van der Waals surface area contributed by atoms with Gasteiger partial charge in [0.1, 0.15) is 0 Å². The van der Waals surface area contributed by atoms with Gasteiger partial charge in [0, 0.05) is 41.6 Å². The third-order valence-corrected chi connectivity index (χ3v) is 4.85. The molecule has 2 heterocycles. The Morgan fingerprint density at radius 3 is 2.91 bits per heavy atom. The maximum Gasteiger partial charge on any atom is 0.315 e. The zero-order chi connectivity index (χ0) is 16.2. The summed E-state index contributed by atoms with van der Waals surface area (Å²) < 4.78 is 0. The van der Waals surface area contributed by atoms with Crippen LogP contribution in [0, 0.1) is 0 Å². The molecular formula is C18H26N4O. The zero-order valence-electron chi connectivity index (χ0n) is 13.9. The largest absolute Gasteiger partial charge is 0.361 e. The predicted molar refractivity (Wildman–Crippen MR) is 93.7 cm³/mol. The Morgan fingerprint density at radius 1 is 1.30 bits per heavy atom. The minimum Gasteiger partial charge on any atom is -0.361 e. The van der Waals surface area contributed by atoms with Gasteiger partial charge in [-0.1, -0.05) is 25.1 Å². The van der Waals surface area contributed by atoms with Crippen LogP contribution in [0.2, 0.25) is 0 Å². The molecule has 1 aliphatic rings. The Morgan fingerprint density at radius 2 is 2.13 bits per heavy atom. The molecular weight excluding hydrogens is 288 g/mol. The van der Waals surface area contributed by atoms with Gasteiger partial charge in [-0.2, -0.15) is 0 Å². The highest BCUT2D eigenvalue weighted by Gasteiger charge is 2.21. The molecule has 23 heavy (non-hydrogen) atoms. The molecule has 1 unspecified atom stereocenters. The van der Waals surface area contributed by atoms with Crippen molar-refractivity contribution in [2.24, 2.45) is 0 Å². The smallest absolute Gasteiger partial charge is 0.315 e. The van der Waals surface area contributed by atoms with E-state index in [9.17, 15) is 4.79 Å². The van der Waals surface area contributed by atoms with Gasteiger partial charge in [-0.25, -0.2) is 4.79 Å². The number of fused-ring (bicyclic) bond motifs is 1. The predicted octanol–water partition coefficient (Wildman–Crippen LogP) is 2.71. The van der Waals surface area contributed by atoms with E-state index >= 15 is 0 Å². The zero-order valence-corrected chi connectivity index (χ0v) is 13.9. The number of carbonyl (C=O) groups excluding carboxylic acids is 1. The lowest BCUT2D eigenvalue weighted by atomic mass is 9.94. The SMILES string of the molecule is CC(c1c[nH]c2ccccc12)[C@H](C)NC(=O)N[C@@H]1CCCNC1. The monoisotopic (exact) mass is 314 g/mol. The van der Waals surface area contributed by atoms with Crippen LogP contribution in [-0.4, -0.2) is 36.2 Å². The van der Waals surface area contributed by atoms with Crippen LogP contribution in [0.5, 0.6) is 0 Å². The van der Waals surface area contributed by atoms with Gasteiger partial charge in [-0.3, -0.25) is 0 Å². The number of carbonyl (C=O) groups is 1. The average Bonchev–Trinajstić information content (AvgIpc) is 2.99. The fourth-order valence-corrected chi connectivity index (χ4v) is 3.27. The van der Waals surface area contributed by atoms with Crippen molar-refractivity contribution in [3.8, 4) is 0 Å². The minimum absolute atomic E-state index is 0.0609. The van der Waals surface area contributed by atoms with E-state index < -0.39 is 0 Å². The molecule has 1 fully saturated rings. The van der Waals surface area contributed by atoms with Crippen LogP contribution in [0.1, 0.15) is 38.2 Å². The Labute approximate surface area is 137 Å². The van der Waals surface area contributed by atoms with Crippen LogP contribution < -0.4 is 16.0 Å². The summed E-state index contributed by atoms with van der Waals surface area (Å²) in [5, 5.41) is 10.7. The number of para-hydroxylation sites is 1. The number of nitrogens with one attached hydrogen (secondary N) is 4. The Hall–Kier alpha value is -2.01. The second-order valence-electron chi connectivity index (χ2n) is 6.53. The molecule has 3 rings (SSSR count). The van der Waals surface area contributed by atoms with Crippen molar-refractivity contribution >= 4 is 16.9 Å². The summed E-state index contributed by atoms with van der Waals surface area (Å²) in [5.74, 6) is 0.237. The van der Waals surface area contributed by atoms with Gasteiger partial charge in [0.2, 0.25) is 0 Å². The lowest BCUT2D eigenvalue weighted by Gasteiger charge is -2.26. The van der Waals surface area contributed by atoms with Gasteiger partial charge < -0.3 is 20.9 Å². The third kappa shape index (κ3) is 3.67. The lowest BCUT2D eigenvalue weighted by Crippen LogP contribution is -2.51. The lowest BCUT2D eigenvalue weighted by molar-refractivity contribution is 0.229. The van der Waals surface area contributed by atoms with E-state index in [1.165, 1.54) is 10.9 Å². The molecule has 0 spiro atoms. The van der Waals surface area contributed by atoms with E-state index in [1.54, 1.807) is 0 Å². The van der Waals surface area contributed by atoms with E-state index in [1.807, 2.05) is 12.1 Å². The summed E-state index contributed by atoms with van der Waals surface area (Å²) in [7, 11) is 0. The summed E-state index contributed by atoms with van der Waals surface area (Å²) >= 11 is 0. The number of benzene rings is 1. The normalized spacial score (nSPS) is 20.9. The number of urea groups is 1. The first-order valence-corrected chi connectivity index (χ1v) is 8.49. The number of rotatable bonds is 4. The molecule has 0 radical (unpaired) electrons. The Balaban J connectivity index is 1.60. The Bertz CT molecular complexity index is 660. The number of aromatic nitrogens is 1.